The molecule has 3 rings (SSSR count). The van der Waals surface area contributed by atoms with Gasteiger partial charge in [0, 0.05) is 22.0 Å². The molecule has 0 bridgehead atoms. The van der Waals surface area contributed by atoms with Crippen LogP contribution in [0.2, 0.25) is 0 Å². The fourth-order valence-electron chi connectivity index (χ4n) is 2.87. The second-order valence-corrected chi connectivity index (χ2v) is 8.13. The Morgan fingerprint density at radius 2 is 1.72 bits per heavy atom. The summed E-state index contributed by atoms with van der Waals surface area (Å²) in [6, 6.07) is 10.0. The van der Waals surface area contributed by atoms with Crippen LogP contribution in [0.4, 0.5) is 5.69 Å². The predicted octanol–water partition coefficient (Wildman–Crippen LogP) is 6.77. The number of hydrogen-bond acceptors (Lipinski definition) is 2. The van der Waals surface area contributed by atoms with Crippen molar-refractivity contribution in [2.24, 2.45) is 4.99 Å². The SMILES string of the molecule is Cc1cc(Oc2ccc(Br)c(Br)c2)c(C)cc1N=CN1CCCCC1. The van der Waals surface area contributed by atoms with E-state index in [2.05, 4.69) is 62.7 Å². The van der Waals surface area contributed by atoms with Gasteiger partial charge >= 0.3 is 0 Å². The van der Waals surface area contributed by atoms with Crippen molar-refractivity contribution in [3.8, 4) is 11.5 Å². The molecule has 2 aromatic carbocycles. The maximum atomic E-state index is 6.06. The van der Waals surface area contributed by atoms with E-state index in [1.165, 1.54) is 19.3 Å². The summed E-state index contributed by atoms with van der Waals surface area (Å²) >= 11 is 6.99. The Bertz CT molecular complexity index is 784. The van der Waals surface area contributed by atoms with Crippen LogP contribution in [0.5, 0.6) is 11.5 Å². The fourth-order valence-corrected chi connectivity index (χ4v) is 3.47. The van der Waals surface area contributed by atoms with Crippen molar-refractivity contribution in [3.05, 3.63) is 50.4 Å². The summed E-state index contributed by atoms with van der Waals surface area (Å²) in [7, 11) is 0. The molecule has 1 aliphatic rings. The lowest BCUT2D eigenvalue weighted by atomic mass is 10.1. The first kappa shape index (κ1) is 18.5. The van der Waals surface area contributed by atoms with Crippen molar-refractivity contribution in [2.75, 3.05) is 13.1 Å². The highest BCUT2D eigenvalue weighted by molar-refractivity contribution is 9.13. The standard InChI is InChI=1S/C20H22Br2N2O/c1-14-11-20(25-16-6-7-17(21)18(22)12-16)15(2)10-19(14)23-13-24-8-4-3-5-9-24/h6-7,10-13H,3-5,8-9H2,1-2H3. The number of aliphatic imine (C=N–C) groups is 1. The Kier molecular flexibility index (Phi) is 6.18. The first-order valence-corrected chi connectivity index (χ1v) is 10.1. The molecular weight excluding hydrogens is 444 g/mol. The molecule has 1 saturated heterocycles. The largest absolute Gasteiger partial charge is 0.457 e. The molecule has 25 heavy (non-hydrogen) atoms. The molecule has 0 spiro atoms. The van der Waals surface area contributed by atoms with Gasteiger partial charge in [-0.1, -0.05) is 0 Å². The Morgan fingerprint density at radius 3 is 2.44 bits per heavy atom. The topological polar surface area (TPSA) is 24.8 Å². The lowest BCUT2D eigenvalue weighted by Gasteiger charge is -2.24. The highest BCUT2D eigenvalue weighted by atomic mass is 79.9. The van der Waals surface area contributed by atoms with E-state index >= 15 is 0 Å². The van der Waals surface area contributed by atoms with Gasteiger partial charge in [-0.05, 0) is 106 Å². The molecule has 5 heteroatoms. The normalized spacial score (nSPS) is 15.0. The van der Waals surface area contributed by atoms with E-state index in [0.717, 1.165) is 50.3 Å². The van der Waals surface area contributed by atoms with Gasteiger partial charge in [-0.15, -0.1) is 0 Å². The van der Waals surface area contributed by atoms with Crippen molar-refractivity contribution >= 4 is 43.9 Å². The van der Waals surface area contributed by atoms with Gasteiger partial charge in [-0.2, -0.15) is 0 Å². The molecule has 0 N–H and O–H groups in total. The number of halogens is 2. The van der Waals surface area contributed by atoms with Crippen LogP contribution in [-0.2, 0) is 0 Å². The summed E-state index contributed by atoms with van der Waals surface area (Å²) in [5.74, 6) is 1.67. The summed E-state index contributed by atoms with van der Waals surface area (Å²) in [4.78, 5) is 7.00. The number of nitrogens with zero attached hydrogens (tertiary/aromatic N) is 2. The molecular formula is C20H22Br2N2O. The molecule has 1 fully saturated rings. The van der Waals surface area contributed by atoms with Crippen LogP contribution in [-0.4, -0.2) is 24.3 Å². The van der Waals surface area contributed by atoms with Crippen LogP contribution in [0.3, 0.4) is 0 Å². The molecule has 0 saturated carbocycles. The van der Waals surface area contributed by atoms with Gasteiger partial charge in [-0.25, -0.2) is 4.99 Å². The van der Waals surface area contributed by atoms with Crippen molar-refractivity contribution in [1.29, 1.82) is 0 Å². The third-order valence-corrected chi connectivity index (χ3v) is 6.24. The zero-order valence-electron chi connectivity index (χ0n) is 14.6. The molecule has 0 radical (unpaired) electrons. The number of piperidine rings is 1. The Balaban J connectivity index is 1.77. The van der Waals surface area contributed by atoms with Gasteiger partial charge in [0.05, 0.1) is 12.0 Å². The zero-order chi connectivity index (χ0) is 17.8. The molecule has 1 heterocycles. The maximum absolute atomic E-state index is 6.06. The first-order valence-electron chi connectivity index (χ1n) is 8.55. The molecule has 3 nitrogen and oxygen atoms in total. The van der Waals surface area contributed by atoms with E-state index in [-0.39, 0.29) is 0 Å². The number of ether oxygens (including phenoxy) is 1. The van der Waals surface area contributed by atoms with Crippen LogP contribution in [0, 0.1) is 13.8 Å². The number of rotatable bonds is 4. The fraction of sp³-hybridized carbons (Fsp3) is 0.350. The predicted molar refractivity (Wildman–Crippen MR) is 111 cm³/mol. The third-order valence-electron chi connectivity index (χ3n) is 4.36. The Hall–Kier alpha value is -1.33. The summed E-state index contributed by atoms with van der Waals surface area (Å²) in [6.07, 6.45) is 5.85. The minimum absolute atomic E-state index is 0.808. The second kappa shape index (κ2) is 8.37. The summed E-state index contributed by atoms with van der Waals surface area (Å²) in [5.41, 5.74) is 3.20. The average Bonchev–Trinajstić information content (AvgIpc) is 2.61. The van der Waals surface area contributed by atoms with Crippen molar-refractivity contribution in [1.82, 2.24) is 4.90 Å². The number of aryl methyl sites for hydroxylation is 2. The third kappa shape index (κ3) is 4.85. The van der Waals surface area contributed by atoms with Crippen LogP contribution < -0.4 is 4.74 Å². The average molecular weight is 466 g/mol. The van der Waals surface area contributed by atoms with Gasteiger partial charge in [-0.3, -0.25) is 0 Å². The van der Waals surface area contributed by atoms with E-state index in [9.17, 15) is 0 Å². The molecule has 2 aromatic rings. The van der Waals surface area contributed by atoms with Crippen LogP contribution >= 0.6 is 31.9 Å². The van der Waals surface area contributed by atoms with Gasteiger partial charge in [0.2, 0.25) is 0 Å². The summed E-state index contributed by atoms with van der Waals surface area (Å²) in [6.45, 7) is 6.36. The van der Waals surface area contributed by atoms with Crippen molar-refractivity contribution in [3.63, 3.8) is 0 Å². The van der Waals surface area contributed by atoms with Crippen molar-refractivity contribution < 1.29 is 4.74 Å². The van der Waals surface area contributed by atoms with Crippen LogP contribution in [0.25, 0.3) is 0 Å². The monoisotopic (exact) mass is 464 g/mol. The molecule has 0 amide bonds. The lowest BCUT2D eigenvalue weighted by molar-refractivity contribution is 0.351. The minimum Gasteiger partial charge on any atom is -0.457 e. The molecule has 0 atom stereocenters. The number of hydrogen-bond donors (Lipinski definition) is 0. The van der Waals surface area contributed by atoms with E-state index in [0.29, 0.717) is 0 Å². The quantitative estimate of drug-likeness (QED) is 0.367. The highest BCUT2D eigenvalue weighted by Gasteiger charge is 2.09. The van der Waals surface area contributed by atoms with Gasteiger partial charge < -0.3 is 9.64 Å². The van der Waals surface area contributed by atoms with Gasteiger partial charge in [0.25, 0.3) is 0 Å². The smallest absolute Gasteiger partial charge is 0.130 e. The Labute approximate surface area is 166 Å². The Morgan fingerprint density at radius 1 is 0.960 bits per heavy atom. The maximum Gasteiger partial charge on any atom is 0.130 e. The molecule has 0 aromatic heterocycles. The first-order chi connectivity index (χ1) is 12.0. The zero-order valence-corrected chi connectivity index (χ0v) is 17.7. The lowest BCUT2D eigenvalue weighted by Crippen LogP contribution is -2.28. The van der Waals surface area contributed by atoms with E-state index in [1.807, 2.05) is 24.5 Å². The van der Waals surface area contributed by atoms with Crippen LogP contribution in [0.1, 0.15) is 30.4 Å². The number of benzene rings is 2. The van der Waals surface area contributed by atoms with Gasteiger partial charge in [0.1, 0.15) is 11.5 Å². The van der Waals surface area contributed by atoms with Crippen molar-refractivity contribution in [2.45, 2.75) is 33.1 Å². The number of likely N-dealkylation sites (tertiary alicyclic amines) is 1. The second-order valence-electron chi connectivity index (χ2n) is 6.42. The minimum atomic E-state index is 0.808. The molecule has 0 unspecified atom stereocenters. The van der Waals surface area contributed by atoms with E-state index in [4.69, 9.17) is 9.73 Å². The van der Waals surface area contributed by atoms with Gasteiger partial charge in [0.15, 0.2) is 0 Å². The van der Waals surface area contributed by atoms with E-state index < -0.39 is 0 Å². The van der Waals surface area contributed by atoms with Crippen LogP contribution in [0.15, 0.2) is 44.3 Å². The highest BCUT2D eigenvalue weighted by Crippen LogP contribution is 2.34. The molecule has 132 valence electrons. The summed E-state index contributed by atoms with van der Waals surface area (Å²) in [5, 5.41) is 0. The summed E-state index contributed by atoms with van der Waals surface area (Å²) < 4.78 is 8.05. The molecule has 0 aliphatic carbocycles. The molecule has 1 aliphatic heterocycles. The van der Waals surface area contributed by atoms with E-state index in [1.54, 1.807) is 0 Å².